The Morgan fingerprint density at radius 1 is 1.60 bits per heavy atom. The Morgan fingerprint density at radius 3 is 2.80 bits per heavy atom. The number of carbonyl (C=O) groups excluding carboxylic acids is 1. The molecule has 0 radical (unpaired) electrons. The van der Waals surface area contributed by atoms with Crippen LogP contribution >= 0.6 is 0 Å². The zero-order chi connectivity index (χ0) is 11.4. The lowest BCUT2D eigenvalue weighted by Crippen LogP contribution is -2.19. The minimum absolute atomic E-state index is 0.0440. The molecular formula is C10H12FNO3. The number of hydrogen-bond donors (Lipinski definition) is 2. The van der Waals surface area contributed by atoms with Gasteiger partial charge in [-0.25, -0.2) is 4.39 Å². The van der Waals surface area contributed by atoms with Crippen LogP contribution < -0.4 is 10.1 Å². The SMILES string of the molecule is CNCC(=O)c1c(F)ccc(OC)c1O. The van der Waals surface area contributed by atoms with Gasteiger partial charge in [-0.1, -0.05) is 0 Å². The second-order valence-electron chi connectivity index (χ2n) is 2.93. The quantitative estimate of drug-likeness (QED) is 0.731. The van der Waals surface area contributed by atoms with Crippen molar-refractivity contribution in [2.75, 3.05) is 20.7 Å². The van der Waals surface area contributed by atoms with Crippen molar-refractivity contribution < 1.29 is 19.0 Å². The molecule has 0 bridgehead atoms. The van der Waals surface area contributed by atoms with Crippen LogP contribution in [0.4, 0.5) is 4.39 Å². The normalized spacial score (nSPS) is 10.1. The van der Waals surface area contributed by atoms with Gasteiger partial charge in [0.15, 0.2) is 17.3 Å². The van der Waals surface area contributed by atoms with Crippen LogP contribution in [0.25, 0.3) is 0 Å². The van der Waals surface area contributed by atoms with E-state index in [1.807, 2.05) is 0 Å². The van der Waals surface area contributed by atoms with E-state index < -0.39 is 17.3 Å². The Morgan fingerprint density at radius 2 is 2.27 bits per heavy atom. The molecule has 2 N–H and O–H groups in total. The maximum absolute atomic E-state index is 13.3. The number of carbonyl (C=O) groups is 1. The molecule has 1 rings (SSSR count). The monoisotopic (exact) mass is 213 g/mol. The number of halogens is 1. The lowest BCUT2D eigenvalue weighted by molar-refractivity contribution is 0.0986. The summed E-state index contributed by atoms with van der Waals surface area (Å²) in [5.41, 5.74) is -0.344. The number of aromatic hydroxyl groups is 1. The van der Waals surface area contributed by atoms with Gasteiger partial charge in [0, 0.05) is 0 Å². The number of nitrogens with one attached hydrogen (secondary N) is 1. The zero-order valence-electron chi connectivity index (χ0n) is 8.50. The fourth-order valence-corrected chi connectivity index (χ4v) is 1.23. The molecule has 0 aliphatic carbocycles. The third kappa shape index (κ3) is 2.24. The van der Waals surface area contributed by atoms with Crippen molar-refractivity contribution in [3.8, 4) is 11.5 Å². The van der Waals surface area contributed by atoms with Gasteiger partial charge >= 0.3 is 0 Å². The van der Waals surface area contributed by atoms with Crippen LogP contribution in [0.5, 0.6) is 11.5 Å². The van der Waals surface area contributed by atoms with Crippen molar-refractivity contribution >= 4 is 5.78 Å². The smallest absolute Gasteiger partial charge is 0.183 e. The van der Waals surface area contributed by atoms with Gasteiger partial charge in [-0.05, 0) is 19.2 Å². The molecule has 1 aromatic carbocycles. The predicted molar refractivity (Wildman–Crippen MR) is 52.9 cm³/mol. The molecule has 0 amide bonds. The number of likely N-dealkylation sites (N-methyl/N-ethyl adjacent to an activating group) is 1. The van der Waals surface area contributed by atoms with E-state index in [4.69, 9.17) is 4.74 Å². The molecule has 0 saturated heterocycles. The van der Waals surface area contributed by atoms with Gasteiger partial charge in [-0.15, -0.1) is 0 Å². The largest absolute Gasteiger partial charge is 0.504 e. The van der Waals surface area contributed by atoms with Crippen LogP contribution in [-0.4, -0.2) is 31.6 Å². The van der Waals surface area contributed by atoms with Gasteiger partial charge in [-0.2, -0.15) is 0 Å². The average molecular weight is 213 g/mol. The minimum Gasteiger partial charge on any atom is -0.504 e. The van der Waals surface area contributed by atoms with Crippen LogP contribution in [-0.2, 0) is 0 Å². The number of Topliss-reactive ketones (excluding diaryl/α,β-unsaturated/α-hetero) is 1. The highest BCUT2D eigenvalue weighted by Crippen LogP contribution is 2.31. The number of methoxy groups -OCH3 is 1. The van der Waals surface area contributed by atoms with E-state index in [2.05, 4.69) is 5.32 Å². The molecule has 5 heteroatoms. The first-order chi connectivity index (χ1) is 7.11. The molecule has 1 aromatic rings. The molecule has 0 spiro atoms. The number of ketones is 1. The highest BCUT2D eigenvalue weighted by atomic mass is 19.1. The first-order valence-corrected chi connectivity index (χ1v) is 4.35. The van der Waals surface area contributed by atoms with Gasteiger partial charge in [0.2, 0.25) is 0 Å². The summed E-state index contributed by atoms with van der Waals surface area (Å²) in [5, 5.41) is 12.1. The first kappa shape index (κ1) is 11.5. The summed E-state index contributed by atoms with van der Waals surface area (Å²) in [6.45, 7) is -0.0440. The van der Waals surface area contributed by atoms with Crippen molar-refractivity contribution in [3.05, 3.63) is 23.5 Å². The van der Waals surface area contributed by atoms with Gasteiger partial charge in [-0.3, -0.25) is 4.79 Å². The molecule has 0 aromatic heterocycles. The van der Waals surface area contributed by atoms with Gasteiger partial charge in [0.1, 0.15) is 11.4 Å². The number of phenolic OH excluding ortho intramolecular Hbond substituents is 1. The molecule has 0 fully saturated rings. The van der Waals surface area contributed by atoms with Crippen molar-refractivity contribution in [3.63, 3.8) is 0 Å². The first-order valence-electron chi connectivity index (χ1n) is 4.35. The molecule has 0 aliphatic heterocycles. The summed E-state index contributed by atoms with van der Waals surface area (Å²) in [7, 11) is 2.90. The van der Waals surface area contributed by atoms with Crippen LogP contribution in [0.2, 0.25) is 0 Å². The standard InChI is InChI=1S/C10H12FNO3/c1-12-5-7(13)9-6(11)3-4-8(15-2)10(9)14/h3-4,12,14H,5H2,1-2H3. The highest BCUT2D eigenvalue weighted by molar-refractivity contribution is 6.01. The number of ether oxygens (including phenoxy) is 1. The van der Waals surface area contributed by atoms with E-state index in [-0.39, 0.29) is 17.9 Å². The van der Waals surface area contributed by atoms with Crippen molar-refractivity contribution in [1.82, 2.24) is 5.32 Å². The van der Waals surface area contributed by atoms with Crippen molar-refractivity contribution in [1.29, 1.82) is 0 Å². The Hall–Kier alpha value is -1.62. The lowest BCUT2D eigenvalue weighted by atomic mass is 10.1. The van der Waals surface area contributed by atoms with E-state index in [1.165, 1.54) is 13.2 Å². The van der Waals surface area contributed by atoms with Gasteiger partial charge < -0.3 is 15.2 Å². The molecule has 0 unspecified atom stereocenters. The zero-order valence-corrected chi connectivity index (χ0v) is 8.50. The van der Waals surface area contributed by atoms with Crippen LogP contribution in [0.15, 0.2) is 12.1 Å². The molecule has 82 valence electrons. The molecule has 0 aliphatic rings. The summed E-state index contributed by atoms with van der Waals surface area (Å²) in [6.07, 6.45) is 0. The fraction of sp³-hybridized carbons (Fsp3) is 0.300. The molecule has 0 saturated carbocycles. The third-order valence-electron chi connectivity index (χ3n) is 1.93. The minimum atomic E-state index is -0.756. The summed E-state index contributed by atoms with van der Waals surface area (Å²) >= 11 is 0. The Balaban J connectivity index is 3.20. The van der Waals surface area contributed by atoms with E-state index in [0.717, 1.165) is 6.07 Å². The molecule has 0 atom stereocenters. The van der Waals surface area contributed by atoms with E-state index >= 15 is 0 Å². The topological polar surface area (TPSA) is 58.6 Å². The number of phenols is 1. The van der Waals surface area contributed by atoms with Crippen LogP contribution in [0.1, 0.15) is 10.4 Å². The molecule has 0 heterocycles. The average Bonchev–Trinajstić information content (AvgIpc) is 2.18. The number of benzene rings is 1. The molecule has 4 nitrogen and oxygen atoms in total. The van der Waals surface area contributed by atoms with E-state index in [1.54, 1.807) is 7.05 Å². The Kier molecular flexibility index (Phi) is 3.62. The van der Waals surface area contributed by atoms with E-state index in [9.17, 15) is 14.3 Å². The number of rotatable bonds is 4. The second-order valence-corrected chi connectivity index (χ2v) is 2.93. The van der Waals surface area contributed by atoms with Gasteiger partial charge in [0.05, 0.1) is 13.7 Å². The highest BCUT2D eigenvalue weighted by Gasteiger charge is 2.19. The van der Waals surface area contributed by atoms with Crippen molar-refractivity contribution in [2.24, 2.45) is 0 Å². The third-order valence-corrected chi connectivity index (χ3v) is 1.93. The Bertz CT molecular complexity index is 379. The maximum atomic E-state index is 13.3. The van der Waals surface area contributed by atoms with Gasteiger partial charge in [0.25, 0.3) is 0 Å². The molecular weight excluding hydrogens is 201 g/mol. The van der Waals surface area contributed by atoms with E-state index in [0.29, 0.717) is 0 Å². The maximum Gasteiger partial charge on any atom is 0.183 e. The summed E-state index contributed by atoms with van der Waals surface area (Å²) in [6, 6.07) is 2.35. The predicted octanol–water partition coefficient (Wildman–Crippen LogP) is 0.942. The van der Waals surface area contributed by atoms with Crippen LogP contribution in [0, 0.1) is 5.82 Å². The Labute approximate surface area is 86.7 Å². The summed E-state index contributed by atoms with van der Waals surface area (Å²) < 4.78 is 18.1. The second kappa shape index (κ2) is 4.75. The van der Waals surface area contributed by atoms with Crippen molar-refractivity contribution in [2.45, 2.75) is 0 Å². The fourth-order valence-electron chi connectivity index (χ4n) is 1.23. The lowest BCUT2D eigenvalue weighted by Gasteiger charge is -2.08. The van der Waals surface area contributed by atoms with Crippen LogP contribution in [0.3, 0.4) is 0 Å². The number of hydrogen-bond acceptors (Lipinski definition) is 4. The molecule has 15 heavy (non-hydrogen) atoms. The summed E-state index contributed by atoms with van der Waals surface area (Å²) in [4.78, 5) is 11.4. The summed E-state index contributed by atoms with van der Waals surface area (Å²) in [5.74, 6) is -1.66.